The number of rotatable bonds is 5. The highest BCUT2D eigenvalue weighted by atomic mass is 16.6. The fourth-order valence-electron chi connectivity index (χ4n) is 3.44. The third-order valence-electron chi connectivity index (χ3n) is 5.02. The van der Waals surface area contributed by atoms with Gasteiger partial charge in [0.1, 0.15) is 11.8 Å². The quantitative estimate of drug-likeness (QED) is 0.667. The maximum Gasteiger partial charge on any atom is 0.269 e. The number of benzene rings is 2. The van der Waals surface area contributed by atoms with E-state index in [4.69, 9.17) is 4.74 Å². The summed E-state index contributed by atoms with van der Waals surface area (Å²) in [4.78, 5) is 14.5. The first-order chi connectivity index (χ1) is 12.1. The molecule has 1 N–H and O–H groups in total. The Balaban J connectivity index is 1.65. The molecule has 0 aliphatic carbocycles. The number of piperazine rings is 1. The topological polar surface area (TPSA) is 60.0 Å². The van der Waals surface area contributed by atoms with Crippen LogP contribution < -0.4 is 14.5 Å². The van der Waals surface area contributed by atoms with Gasteiger partial charge in [0, 0.05) is 29.4 Å². The Morgan fingerprint density at radius 3 is 2.56 bits per heavy atom. The number of methoxy groups -OCH3 is 1. The molecule has 1 aliphatic heterocycles. The minimum atomic E-state index is -0.327. The lowest BCUT2D eigenvalue weighted by Crippen LogP contribution is -3.14. The molecule has 6 nitrogen and oxygen atoms in total. The third-order valence-corrected chi connectivity index (χ3v) is 5.02. The number of anilines is 1. The third kappa shape index (κ3) is 3.91. The van der Waals surface area contributed by atoms with Gasteiger partial charge in [-0.15, -0.1) is 0 Å². The number of hydrogen-bond donors (Lipinski definition) is 1. The molecule has 0 spiro atoms. The van der Waals surface area contributed by atoms with E-state index in [0.717, 1.165) is 37.5 Å². The molecule has 0 radical (unpaired) electrons. The molecule has 1 atom stereocenters. The number of nitrogens with one attached hydrogen (secondary N) is 1. The highest BCUT2D eigenvalue weighted by molar-refractivity contribution is 5.50. The van der Waals surface area contributed by atoms with Crippen molar-refractivity contribution in [2.75, 3.05) is 38.2 Å². The zero-order valence-electron chi connectivity index (χ0n) is 14.6. The van der Waals surface area contributed by atoms with Crippen molar-refractivity contribution in [2.45, 2.75) is 13.0 Å². The molecule has 0 aromatic heterocycles. The molecular formula is C19H24N3O3+. The molecule has 0 unspecified atom stereocenters. The van der Waals surface area contributed by atoms with Gasteiger partial charge in [0.05, 0.1) is 38.2 Å². The average molecular weight is 342 g/mol. The highest BCUT2D eigenvalue weighted by Gasteiger charge is 2.26. The number of hydrogen-bond acceptors (Lipinski definition) is 4. The van der Waals surface area contributed by atoms with Crippen molar-refractivity contribution in [3.63, 3.8) is 0 Å². The molecule has 25 heavy (non-hydrogen) atoms. The van der Waals surface area contributed by atoms with Crippen LogP contribution in [0.3, 0.4) is 0 Å². The zero-order chi connectivity index (χ0) is 17.8. The van der Waals surface area contributed by atoms with Crippen LogP contribution in [0.15, 0.2) is 48.5 Å². The first kappa shape index (κ1) is 17.2. The van der Waals surface area contributed by atoms with Crippen molar-refractivity contribution >= 4 is 11.4 Å². The molecule has 1 saturated heterocycles. The van der Waals surface area contributed by atoms with Gasteiger partial charge >= 0.3 is 0 Å². The van der Waals surface area contributed by atoms with Gasteiger partial charge in [-0.3, -0.25) is 10.1 Å². The van der Waals surface area contributed by atoms with E-state index in [0.29, 0.717) is 0 Å². The van der Waals surface area contributed by atoms with E-state index in [1.54, 1.807) is 25.3 Å². The molecule has 2 aromatic rings. The van der Waals surface area contributed by atoms with Crippen LogP contribution in [-0.2, 0) is 0 Å². The van der Waals surface area contributed by atoms with Gasteiger partial charge in [-0.2, -0.15) is 0 Å². The minimum absolute atomic E-state index is 0.166. The zero-order valence-corrected chi connectivity index (χ0v) is 14.6. The Labute approximate surface area is 147 Å². The highest BCUT2D eigenvalue weighted by Crippen LogP contribution is 2.21. The Hall–Kier alpha value is -2.60. The van der Waals surface area contributed by atoms with Gasteiger partial charge in [0.15, 0.2) is 0 Å². The van der Waals surface area contributed by atoms with Crippen molar-refractivity contribution in [3.05, 3.63) is 64.2 Å². The van der Waals surface area contributed by atoms with E-state index in [1.807, 2.05) is 18.2 Å². The van der Waals surface area contributed by atoms with E-state index in [-0.39, 0.29) is 16.7 Å². The molecular weight excluding hydrogens is 318 g/mol. The van der Waals surface area contributed by atoms with Crippen molar-refractivity contribution in [2.24, 2.45) is 0 Å². The summed E-state index contributed by atoms with van der Waals surface area (Å²) in [6.07, 6.45) is 0. The summed E-state index contributed by atoms with van der Waals surface area (Å²) in [6, 6.07) is 15.4. The number of quaternary nitrogens is 1. The lowest BCUT2D eigenvalue weighted by atomic mass is 10.1. The molecule has 0 amide bonds. The van der Waals surface area contributed by atoms with Crippen LogP contribution in [-0.4, -0.2) is 38.2 Å². The van der Waals surface area contributed by atoms with Gasteiger partial charge in [0.2, 0.25) is 0 Å². The molecule has 1 aliphatic rings. The summed E-state index contributed by atoms with van der Waals surface area (Å²) in [5.41, 5.74) is 2.37. The predicted molar refractivity (Wildman–Crippen MR) is 97.4 cm³/mol. The van der Waals surface area contributed by atoms with Gasteiger partial charge in [0.25, 0.3) is 5.69 Å². The normalized spacial score (nSPS) is 16.5. The monoisotopic (exact) mass is 342 g/mol. The van der Waals surface area contributed by atoms with Crippen LogP contribution in [0.4, 0.5) is 11.4 Å². The maximum absolute atomic E-state index is 11.0. The van der Waals surface area contributed by atoms with Gasteiger partial charge < -0.3 is 14.5 Å². The Morgan fingerprint density at radius 2 is 1.88 bits per heavy atom. The fourth-order valence-corrected chi connectivity index (χ4v) is 3.44. The summed E-state index contributed by atoms with van der Waals surface area (Å²) in [5.74, 6) is 0.872. The standard InChI is InChI=1S/C19H23N3O3/c1-15(16-5-3-7-18(13-16)22(23)24)20-9-11-21(12-10-20)17-6-4-8-19(14-17)25-2/h3-8,13-15H,9-12H2,1-2H3/p+1/t15-/m1/s1. The van der Waals surface area contributed by atoms with Crippen molar-refractivity contribution in [1.82, 2.24) is 0 Å². The lowest BCUT2D eigenvalue weighted by Gasteiger charge is -2.36. The summed E-state index contributed by atoms with van der Waals surface area (Å²) in [5, 5.41) is 11.0. The van der Waals surface area contributed by atoms with Crippen LogP contribution in [0.25, 0.3) is 0 Å². The Kier molecular flexibility index (Phi) is 5.19. The van der Waals surface area contributed by atoms with Crippen molar-refractivity contribution in [1.29, 1.82) is 0 Å². The van der Waals surface area contributed by atoms with E-state index < -0.39 is 0 Å². The predicted octanol–water partition coefficient (Wildman–Crippen LogP) is 2.07. The smallest absolute Gasteiger partial charge is 0.269 e. The number of nitro benzene ring substituents is 1. The average Bonchev–Trinajstić information content (AvgIpc) is 2.67. The summed E-state index contributed by atoms with van der Waals surface area (Å²) in [7, 11) is 1.68. The second kappa shape index (κ2) is 7.53. The largest absolute Gasteiger partial charge is 0.497 e. The Morgan fingerprint density at radius 1 is 1.16 bits per heavy atom. The first-order valence-corrected chi connectivity index (χ1v) is 8.56. The Bertz CT molecular complexity index is 742. The molecule has 6 heteroatoms. The van der Waals surface area contributed by atoms with Crippen LogP contribution in [0.1, 0.15) is 18.5 Å². The van der Waals surface area contributed by atoms with Gasteiger partial charge in [-0.05, 0) is 19.1 Å². The maximum atomic E-state index is 11.0. The van der Waals surface area contributed by atoms with Gasteiger partial charge in [-0.25, -0.2) is 0 Å². The number of nitrogens with zero attached hydrogens (tertiary/aromatic N) is 2. The first-order valence-electron chi connectivity index (χ1n) is 8.56. The number of ether oxygens (including phenoxy) is 1. The number of non-ortho nitro benzene ring substituents is 1. The van der Waals surface area contributed by atoms with Crippen molar-refractivity contribution < 1.29 is 14.6 Å². The molecule has 1 heterocycles. The van der Waals surface area contributed by atoms with Crippen LogP contribution in [0.2, 0.25) is 0 Å². The summed E-state index contributed by atoms with van der Waals surface area (Å²) in [6.45, 7) is 6.07. The second-order valence-corrected chi connectivity index (χ2v) is 6.42. The minimum Gasteiger partial charge on any atom is -0.497 e. The number of nitro groups is 1. The molecule has 1 fully saturated rings. The molecule has 0 saturated carbocycles. The molecule has 3 rings (SSSR count). The SMILES string of the molecule is COc1cccc(N2CC[NH+]([C@H](C)c3cccc([N+](=O)[O-])c3)CC2)c1. The molecule has 132 valence electrons. The van der Waals surface area contributed by atoms with Gasteiger partial charge in [-0.1, -0.05) is 18.2 Å². The van der Waals surface area contributed by atoms with Crippen LogP contribution >= 0.6 is 0 Å². The second-order valence-electron chi connectivity index (χ2n) is 6.42. The van der Waals surface area contributed by atoms with E-state index >= 15 is 0 Å². The molecule has 2 aromatic carbocycles. The summed E-state index contributed by atoms with van der Waals surface area (Å²) < 4.78 is 5.31. The van der Waals surface area contributed by atoms with E-state index in [9.17, 15) is 10.1 Å². The van der Waals surface area contributed by atoms with E-state index in [2.05, 4.69) is 24.0 Å². The lowest BCUT2D eigenvalue weighted by molar-refractivity contribution is -0.930. The summed E-state index contributed by atoms with van der Waals surface area (Å²) >= 11 is 0. The van der Waals surface area contributed by atoms with Crippen LogP contribution in [0, 0.1) is 10.1 Å². The molecule has 0 bridgehead atoms. The van der Waals surface area contributed by atoms with Crippen LogP contribution in [0.5, 0.6) is 5.75 Å². The van der Waals surface area contributed by atoms with Crippen molar-refractivity contribution in [3.8, 4) is 5.75 Å². The fraction of sp³-hybridized carbons (Fsp3) is 0.368. The van der Waals surface area contributed by atoms with E-state index in [1.165, 1.54) is 10.6 Å².